The van der Waals surface area contributed by atoms with Crippen molar-refractivity contribution < 1.29 is 14.2 Å². The second-order valence-corrected chi connectivity index (χ2v) is 9.92. The van der Waals surface area contributed by atoms with Crippen LogP contribution in [0.25, 0.3) is 10.9 Å². The second-order valence-electron chi connectivity index (χ2n) is 8.88. The van der Waals surface area contributed by atoms with Crippen molar-refractivity contribution in [2.75, 3.05) is 51.9 Å². The molecule has 0 saturated carbocycles. The topological polar surface area (TPSA) is 97.5 Å². The van der Waals surface area contributed by atoms with Gasteiger partial charge in [-0.05, 0) is 42.8 Å². The van der Waals surface area contributed by atoms with E-state index in [9.17, 15) is 5.26 Å². The molecule has 0 atom stereocenters. The van der Waals surface area contributed by atoms with E-state index < -0.39 is 0 Å². The predicted octanol–water partition coefficient (Wildman–Crippen LogP) is 4.84. The average molecular weight is 531 g/mol. The van der Waals surface area contributed by atoms with E-state index in [1.807, 2.05) is 54.2 Å². The average Bonchev–Trinajstić information content (AvgIpc) is 3.36. The molecule has 196 valence electrons. The molecule has 9 nitrogen and oxygen atoms in total. The highest BCUT2D eigenvalue weighted by molar-refractivity contribution is 7.99. The Labute approximate surface area is 226 Å². The monoisotopic (exact) mass is 530 g/mol. The van der Waals surface area contributed by atoms with Crippen LogP contribution in [0.5, 0.6) is 11.5 Å². The van der Waals surface area contributed by atoms with Crippen molar-refractivity contribution in [2.24, 2.45) is 7.05 Å². The molecule has 10 heteroatoms. The quantitative estimate of drug-likeness (QED) is 0.289. The van der Waals surface area contributed by atoms with E-state index in [0.717, 1.165) is 60.4 Å². The smallest absolute Gasteiger partial charge is 0.187 e. The number of benzene rings is 2. The number of aromatic nitrogens is 3. The van der Waals surface area contributed by atoms with E-state index in [0.29, 0.717) is 34.9 Å². The highest BCUT2D eigenvalue weighted by Gasteiger charge is 2.17. The van der Waals surface area contributed by atoms with Gasteiger partial charge in [0.05, 0.1) is 38.2 Å². The maximum Gasteiger partial charge on any atom is 0.187 e. The summed E-state index contributed by atoms with van der Waals surface area (Å²) in [6.07, 6.45) is 6.18. The van der Waals surface area contributed by atoms with E-state index in [1.54, 1.807) is 31.3 Å². The molecule has 2 aromatic carbocycles. The summed E-state index contributed by atoms with van der Waals surface area (Å²) in [5, 5.41) is 14.9. The Bertz CT molecular complexity index is 1430. The summed E-state index contributed by atoms with van der Waals surface area (Å²) in [5.41, 5.74) is 2.63. The number of methoxy groups -OCH3 is 1. The number of morpholine rings is 1. The molecular weight excluding hydrogens is 500 g/mol. The van der Waals surface area contributed by atoms with Crippen LogP contribution in [0.15, 0.2) is 65.0 Å². The number of imidazole rings is 1. The molecule has 1 saturated heterocycles. The Kier molecular flexibility index (Phi) is 8.28. The lowest BCUT2D eigenvalue weighted by atomic mass is 10.1. The molecule has 1 N–H and O–H groups in total. The molecule has 1 aliphatic heterocycles. The zero-order valence-electron chi connectivity index (χ0n) is 21.5. The number of ether oxygens (including phenoxy) is 3. The van der Waals surface area contributed by atoms with Crippen molar-refractivity contribution in [3.05, 3.63) is 60.6 Å². The van der Waals surface area contributed by atoms with Crippen LogP contribution in [-0.2, 0) is 11.8 Å². The van der Waals surface area contributed by atoms with Gasteiger partial charge in [-0.1, -0.05) is 11.8 Å². The number of aryl methyl sites for hydroxylation is 1. The molecule has 0 bridgehead atoms. The van der Waals surface area contributed by atoms with Gasteiger partial charge >= 0.3 is 0 Å². The van der Waals surface area contributed by atoms with Crippen molar-refractivity contribution in [2.45, 2.75) is 16.5 Å². The van der Waals surface area contributed by atoms with Gasteiger partial charge in [0.15, 0.2) is 16.7 Å². The fourth-order valence-corrected chi connectivity index (χ4v) is 5.15. The summed E-state index contributed by atoms with van der Waals surface area (Å²) in [4.78, 5) is 12.4. The summed E-state index contributed by atoms with van der Waals surface area (Å²) in [6, 6.07) is 14.1. The van der Waals surface area contributed by atoms with Gasteiger partial charge in [0.2, 0.25) is 0 Å². The lowest BCUT2D eigenvalue weighted by Gasteiger charge is -2.26. The fourth-order valence-electron chi connectivity index (χ4n) is 4.35. The number of anilines is 2. The number of nitrogens with one attached hydrogen (secondary N) is 1. The van der Waals surface area contributed by atoms with Crippen LogP contribution in [0.2, 0.25) is 0 Å². The normalized spacial score (nSPS) is 13.8. The van der Waals surface area contributed by atoms with Crippen molar-refractivity contribution in [3.8, 4) is 17.6 Å². The summed E-state index contributed by atoms with van der Waals surface area (Å²) in [7, 11) is 3.58. The lowest BCUT2D eigenvalue weighted by Crippen LogP contribution is -2.37. The van der Waals surface area contributed by atoms with Crippen LogP contribution >= 0.6 is 11.8 Å². The molecule has 0 radical (unpaired) electrons. The Morgan fingerprint density at radius 1 is 1.13 bits per heavy atom. The minimum Gasteiger partial charge on any atom is -0.491 e. The molecule has 5 rings (SSSR count). The SMILES string of the molecule is COc1c(OCCCN2CCOCC2)ccc2c(Nc3ccc(Sc4nccn4C)cc3)c(C#N)cnc12. The number of hydrogen-bond donors (Lipinski definition) is 1. The second kappa shape index (κ2) is 12.2. The first-order chi connectivity index (χ1) is 18.7. The van der Waals surface area contributed by atoms with Crippen LogP contribution in [0.1, 0.15) is 12.0 Å². The Morgan fingerprint density at radius 2 is 1.95 bits per heavy atom. The zero-order valence-corrected chi connectivity index (χ0v) is 22.3. The van der Waals surface area contributed by atoms with Crippen LogP contribution in [-0.4, -0.2) is 66.0 Å². The molecule has 3 heterocycles. The first-order valence-corrected chi connectivity index (χ1v) is 13.3. The molecule has 0 amide bonds. The number of pyridine rings is 1. The minimum absolute atomic E-state index is 0.449. The van der Waals surface area contributed by atoms with Crippen molar-refractivity contribution in [3.63, 3.8) is 0 Å². The molecule has 38 heavy (non-hydrogen) atoms. The minimum atomic E-state index is 0.449. The lowest BCUT2D eigenvalue weighted by molar-refractivity contribution is 0.0357. The summed E-state index contributed by atoms with van der Waals surface area (Å²) < 4.78 is 19.2. The predicted molar refractivity (Wildman–Crippen MR) is 147 cm³/mol. The van der Waals surface area contributed by atoms with Gasteiger partial charge in [0.1, 0.15) is 11.6 Å². The summed E-state index contributed by atoms with van der Waals surface area (Å²) >= 11 is 1.59. The van der Waals surface area contributed by atoms with E-state index in [-0.39, 0.29) is 0 Å². The number of nitrogens with zero attached hydrogens (tertiary/aromatic N) is 5. The molecular formula is C28H30N6O3S. The van der Waals surface area contributed by atoms with Gasteiger partial charge in [-0.25, -0.2) is 4.98 Å². The van der Waals surface area contributed by atoms with Crippen molar-refractivity contribution in [1.29, 1.82) is 5.26 Å². The highest BCUT2D eigenvalue weighted by Crippen LogP contribution is 2.39. The Hall–Kier alpha value is -3.78. The van der Waals surface area contributed by atoms with Gasteiger partial charge in [0, 0.05) is 61.2 Å². The van der Waals surface area contributed by atoms with Gasteiger partial charge in [0.25, 0.3) is 0 Å². The number of fused-ring (bicyclic) bond motifs is 1. The Morgan fingerprint density at radius 3 is 2.66 bits per heavy atom. The first kappa shape index (κ1) is 25.9. The third-order valence-corrected chi connectivity index (χ3v) is 7.45. The van der Waals surface area contributed by atoms with Gasteiger partial charge in [-0.15, -0.1) is 0 Å². The third-order valence-electron chi connectivity index (χ3n) is 6.37. The zero-order chi connectivity index (χ0) is 26.3. The molecule has 2 aromatic heterocycles. The van der Waals surface area contributed by atoms with Crippen molar-refractivity contribution in [1.82, 2.24) is 19.4 Å². The highest BCUT2D eigenvalue weighted by atomic mass is 32.2. The standard InChI is InChI=1S/C28H30N6O3S/c1-33-12-10-30-28(33)38-22-6-4-21(5-7-22)32-25-20(18-29)19-31-26-23(25)8-9-24(27(26)35-2)37-15-3-11-34-13-16-36-17-14-34/h4-10,12,19H,3,11,13-17H2,1-2H3,(H,31,32). The van der Waals surface area contributed by atoms with Crippen LogP contribution in [0, 0.1) is 11.3 Å². The molecule has 4 aromatic rings. The van der Waals surface area contributed by atoms with Gasteiger partial charge < -0.3 is 24.1 Å². The van der Waals surface area contributed by atoms with Crippen molar-refractivity contribution >= 4 is 34.0 Å². The third kappa shape index (κ3) is 5.86. The van der Waals surface area contributed by atoms with E-state index in [2.05, 4.69) is 26.3 Å². The molecule has 0 unspecified atom stereocenters. The first-order valence-electron chi connectivity index (χ1n) is 12.5. The molecule has 0 spiro atoms. The van der Waals surface area contributed by atoms with Crippen LogP contribution in [0.4, 0.5) is 11.4 Å². The van der Waals surface area contributed by atoms with Gasteiger partial charge in [-0.3, -0.25) is 9.88 Å². The molecule has 1 fully saturated rings. The van der Waals surface area contributed by atoms with E-state index in [4.69, 9.17) is 14.2 Å². The summed E-state index contributed by atoms with van der Waals surface area (Å²) in [5.74, 6) is 1.20. The maximum absolute atomic E-state index is 9.79. The van der Waals surface area contributed by atoms with Crippen LogP contribution < -0.4 is 14.8 Å². The number of nitriles is 1. The maximum atomic E-state index is 9.79. The Balaban J connectivity index is 1.33. The van der Waals surface area contributed by atoms with E-state index >= 15 is 0 Å². The number of rotatable bonds is 10. The molecule has 0 aliphatic carbocycles. The van der Waals surface area contributed by atoms with E-state index in [1.165, 1.54) is 0 Å². The largest absolute Gasteiger partial charge is 0.491 e. The summed E-state index contributed by atoms with van der Waals surface area (Å²) in [6.45, 7) is 5.05. The van der Waals surface area contributed by atoms with Crippen LogP contribution in [0.3, 0.4) is 0 Å². The fraction of sp³-hybridized carbons (Fsp3) is 0.321. The number of hydrogen-bond acceptors (Lipinski definition) is 9. The van der Waals surface area contributed by atoms with Gasteiger partial charge in [-0.2, -0.15) is 5.26 Å². The molecule has 1 aliphatic rings.